The fourth-order valence-electron chi connectivity index (χ4n) is 2.07. The Bertz CT molecular complexity index is 193. The van der Waals surface area contributed by atoms with Gasteiger partial charge in [-0.15, -0.1) is 6.58 Å². The van der Waals surface area contributed by atoms with Crippen LogP contribution in [0.1, 0.15) is 19.3 Å². The highest BCUT2D eigenvalue weighted by molar-refractivity contribution is 4.95. The van der Waals surface area contributed by atoms with Crippen LogP contribution >= 0.6 is 0 Å². The zero-order valence-corrected chi connectivity index (χ0v) is 7.69. The molecule has 0 aromatic carbocycles. The van der Waals surface area contributed by atoms with Crippen LogP contribution in [0.3, 0.4) is 0 Å². The third-order valence-electron chi connectivity index (χ3n) is 2.80. The van der Waals surface area contributed by atoms with E-state index in [-0.39, 0.29) is 18.3 Å². The molecule has 2 aliphatic heterocycles. The molecular weight excluding hydrogens is 168 g/mol. The van der Waals surface area contributed by atoms with Crippen molar-refractivity contribution in [2.45, 2.75) is 43.7 Å². The van der Waals surface area contributed by atoms with Crippen LogP contribution in [0.25, 0.3) is 0 Å². The monoisotopic (exact) mass is 184 g/mol. The number of aliphatic hydroxyl groups is 1. The molecular formula is C10H16O3. The molecule has 0 aromatic rings. The lowest BCUT2D eigenvalue weighted by molar-refractivity contribution is -0.188. The Morgan fingerprint density at radius 3 is 3.00 bits per heavy atom. The fraction of sp³-hybridized carbons (Fsp3) is 0.800. The molecule has 2 saturated heterocycles. The summed E-state index contributed by atoms with van der Waals surface area (Å²) < 4.78 is 11.2. The lowest BCUT2D eigenvalue weighted by atomic mass is 9.94. The van der Waals surface area contributed by atoms with E-state index in [9.17, 15) is 5.11 Å². The molecule has 0 radical (unpaired) electrons. The molecule has 3 nitrogen and oxygen atoms in total. The maximum absolute atomic E-state index is 9.63. The number of rotatable bonds is 1. The van der Waals surface area contributed by atoms with Crippen LogP contribution in [0.5, 0.6) is 0 Å². The third-order valence-corrected chi connectivity index (χ3v) is 2.80. The van der Waals surface area contributed by atoms with E-state index >= 15 is 0 Å². The fourth-order valence-corrected chi connectivity index (χ4v) is 2.07. The van der Waals surface area contributed by atoms with Crippen molar-refractivity contribution in [3.05, 3.63) is 12.7 Å². The Labute approximate surface area is 78.3 Å². The lowest BCUT2D eigenvalue weighted by Crippen LogP contribution is -2.49. The zero-order chi connectivity index (χ0) is 9.26. The van der Waals surface area contributed by atoms with Gasteiger partial charge in [0.15, 0.2) is 0 Å². The van der Waals surface area contributed by atoms with Gasteiger partial charge in [0, 0.05) is 13.0 Å². The Morgan fingerprint density at radius 2 is 2.23 bits per heavy atom. The highest BCUT2D eigenvalue weighted by atomic mass is 16.6. The second-order valence-corrected chi connectivity index (χ2v) is 3.73. The predicted molar refractivity (Wildman–Crippen MR) is 48.5 cm³/mol. The first kappa shape index (κ1) is 9.19. The zero-order valence-electron chi connectivity index (χ0n) is 7.69. The summed E-state index contributed by atoms with van der Waals surface area (Å²) in [6.45, 7) is 4.45. The van der Waals surface area contributed by atoms with Gasteiger partial charge in [0.05, 0.1) is 18.3 Å². The maximum Gasteiger partial charge on any atom is 0.102 e. The molecule has 13 heavy (non-hydrogen) atoms. The maximum atomic E-state index is 9.63. The minimum absolute atomic E-state index is 0.0972. The smallest absolute Gasteiger partial charge is 0.102 e. The number of ether oxygens (including phenoxy) is 2. The summed E-state index contributed by atoms with van der Waals surface area (Å²) in [7, 11) is 0. The average Bonchev–Trinajstić information content (AvgIpc) is 2.17. The summed E-state index contributed by atoms with van der Waals surface area (Å²) in [5.74, 6) is 0. The van der Waals surface area contributed by atoms with Crippen LogP contribution < -0.4 is 0 Å². The van der Waals surface area contributed by atoms with Crippen molar-refractivity contribution in [3.63, 3.8) is 0 Å². The van der Waals surface area contributed by atoms with Crippen LogP contribution in [-0.4, -0.2) is 36.1 Å². The summed E-state index contributed by atoms with van der Waals surface area (Å²) in [5.41, 5.74) is 0. The van der Waals surface area contributed by atoms with Crippen molar-refractivity contribution in [2.75, 3.05) is 6.61 Å². The molecule has 0 aliphatic carbocycles. The molecule has 2 heterocycles. The summed E-state index contributed by atoms with van der Waals surface area (Å²) in [6.07, 6.45) is 4.07. The highest BCUT2D eigenvalue weighted by Crippen LogP contribution is 2.29. The number of hydrogen-bond acceptors (Lipinski definition) is 3. The van der Waals surface area contributed by atoms with Crippen molar-refractivity contribution < 1.29 is 14.6 Å². The molecule has 0 unspecified atom stereocenters. The summed E-state index contributed by atoms with van der Waals surface area (Å²) >= 11 is 0. The quantitative estimate of drug-likeness (QED) is 0.614. The molecule has 1 N–H and O–H groups in total. The first-order chi connectivity index (χ1) is 6.31. The van der Waals surface area contributed by atoms with E-state index in [2.05, 4.69) is 6.58 Å². The van der Waals surface area contributed by atoms with Gasteiger partial charge in [-0.25, -0.2) is 0 Å². The van der Waals surface area contributed by atoms with E-state index in [0.717, 1.165) is 19.4 Å². The van der Waals surface area contributed by atoms with E-state index in [1.54, 1.807) is 6.08 Å². The molecule has 0 aromatic heterocycles. The van der Waals surface area contributed by atoms with Gasteiger partial charge in [0.1, 0.15) is 6.10 Å². The topological polar surface area (TPSA) is 38.7 Å². The van der Waals surface area contributed by atoms with Crippen molar-refractivity contribution in [2.24, 2.45) is 0 Å². The SMILES string of the molecule is C=C[C@H]1O[C@H]2CCCO[C@@H]2C[C@H]1O. The first-order valence-corrected chi connectivity index (χ1v) is 4.89. The van der Waals surface area contributed by atoms with Crippen molar-refractivity contribution >= 4 is 0 Å². The van der Waals surface area contributed by atoms with Crippen LogP contribution in [0.4, 0.5) is 0 Å². The van der Waals surface area contributed by atoms with E-state index in [4.69, 9.17) is 9.47 Å². The average molecular weight is 184 g/mol. The Morgan fingerprint density at radius 1 is 1.38 bits per heavy atom. The molecule has 0 spiro atoms. The molecule has 0 amide bonds. The van der Waals surface area contributed by atoms with Crippen molar-refractivity contribution in [1.82, 2.24) is 0 Å². The van der Waals surface area contributed by atoms with Crippen LogP contribution in [0, 0.1) is 0 Å². The van der Waals surface area contributed by atoms with Gasteiger partial charge in [-0.2, -0.15) is 0 Å². The first-order valence-electron chi connectivity index (χ1n) is 4.89. The molecule has 3 heteroatoms. The summed E-state index contributed by atoms with van der Waals surface area (Å²) in [4.78, 5) is 0. The standard InChI is InChI=1S/C10H16O3/c1-2-8-7(11)6-10-9(13-8)4-3-5-12-10/h2,7-11H,1,3-6H2/t7-,8-,9+,10-/m1/s1. The number of aliphatic hydroxyl groups excluding tert-OH is 1. The van der Waals surface area contributed by atoms with Crippen molar-refractivity contribution in [1.29, 1.82) is 0 Å². The van der Waals surface area contributed by atoms with Crippen LogP contribution in [0.2, 0.25) is 0 Å². The molecule has 4 atom stereocenters. The van der Waals surface area contributed by atoms with Gasteiger partial charge < -0.3 is 14.6 Å². The number of fused-ring (bicyclic) bond motifs is 1. The van der Waals surface area contributed by atoms with Gasteiger partial charge in [-0.3, -0.25) is 0 Å². The summed E-state index contributed by atoms with van der Waals surface area (Å²) in [5, 5.41) is 9.63. The molecule has 2 rings (SSSR count). The van der Waals surface area contributed by atoms with E-state index < -0.39 is 6.10 Å². The van der Waals surface area contributed by atoms with Gasteiger partial charge >= 0.3 is 0 Å². The second-order valence-electron chi connectivity index (χ2n) is 3.73. The largest absolute Gasteiger partial charge is 0.390 e. The third kappa shape index (κ3) is 1.77. The molecule has 2 aliphatic rings. The highest BCUT2D eigenvalue weighted by Gasteiger charge is 2.37. The van der Waals surface area contributed by atoms with E-state index in [1.165, 1.54) is 0 Å². The van der Waals surface area contributed by atoms with Gasteiger partial charge in [0.25, 0.3) is 0 Å². The second kappa shape index (κ2) is 3.78. The van der Waals surface area contributed by atoms with Crippen LogP contribution in [-0.2, 0) is 9.47 Å². The Kier molecular flexibility index (Phi) is 2.67. The van der Waals surface area contributed by atoms with Crippen LogP contribution in [0.15, 0.2) is 12.7 Å². The number of hydrogen-bond donors (Lipinski definition) is 1. The lowest BCUT2D eigenvalue weighted by Gasteiger charge is -2.40. The van der Waals surface area contributed by atoms with Crippen molar-refractivity contribution in [3.8, 4) is 0 Å². The molecule has 74 valence electrons. The van der Waals surface area contributed by atoms with Gasteiger partial charge in [-0.1, -0.05) is 6.08 Å². The molecule has 0 bridgehead atoms. The van der Waals surface area contributed by atoms with Gasteiger partial charge in [0.2, 0.25) is 0 Å². The molecule has 0 saturated carbocycles. The minimum atomic E-state index is -0.447. The predicted octanol–water partition coefficient (Wildman–Crippen LogP) is 0.870. The minimum Gasteiger partial charge on any atom is -0.390 e. The Balaban J connectivity index is 2.00. The Hall–Kier alpha value is -0.380. The molecule has 2 fully saturated rings. The normalized spacial score (nSPS) is 45.3. The van der Waals surface area contributed by atoms with Gasteiger partial charge in [-0.05, 0) is 12.8 Å². The van der Waals surface area contributed by atoms with E-state index in [0.29, 0.717) is 6.42 Å². The van der Waals surface area contributed by atoms with E-state index in [1.807, 2.05) is 0 Å². The summed E-state index contributed by atoms with van der Waals surface area (Å²) in [6, 6.07) is 0.